The van der Waals surface area contributed by atoms with Gasteiger partial charge in [-0.3, -0.25) is 10.00 Å². The van der Waals surface area contributed by atoms with Gasteiger partial charge in [0.05, 0.1) is 11.7 Å². The van der Waals surface area contributed by atoms with Crippen molar-refractivity contribution in [2.45, 2.75) is 44.6 Å². The van der Waals surface area contributed by atoms with E-state index in [0.29, 0.717) is 6.04 Å². The van der Waals surface area contributed by atoms with Crippen LogP contribution in [0.4, 0.5) is 5.82 Å². The molecule has 17 heavy (non-hydrogen) atoms. The standard InChI is InChI=1S/C13H22N4/c1-17-9-5-3-7-11(17)12-10-6-2-4-8-14-13(10)16-15-12/h11H,2-9H2,1H3,(H2,14,15,16). The van der Waals surface area contributed by atoms with Crippen molar-refractivity contribution in [2.75, 3.05) is 25.5 Å². The summed E-state index contributed by atoms with van der Waals surface area (Å²) in [5.41, 5.74) is 2.82. The van der Waals surface area contributed by atoms with Crippen LogP contribution in [0.15, 0.2) is 0 Å². The van der Waals surface area contributed by atoms with Gasteiger partial charge in [0.1, 0.15) is 0 Å². The highest BCUT2D eigenvalue weighted by atomic mass is 15.2. The van der Waals surface area contributed by atoms with Crippen LogP contribution in [0.5, 0.6) is 0 Å². The second-order valence-corrected chi connectivity index (χ2v) is 5.34. The lowest BCUT2D eigenvalue weighted by molar-refractivity contribution is 0.182. The zero-order valence-electron chi connectivity index (χ0n) is 10.6. The van der Waals surface area contributed by atoms with Crippen molar-refractivity contribution in [3.63, 3.8) is 0 Å². The van der Waals surface area contributed by atoms with E-state index < -0.39 is 0 Å². The largest absolute Gasteiger partial charge is 0.368 e. The molecule has 0 bridgehead atoms. The van der Waals surface area contributed by atoms with E-state index in [4.69, 9.17) is 0 Å². The second-order valence-electron chi connectivity index (χ2n) is 5.34. The number of rotatable bonds is 1. The lowest BCUT2D eigenvalue weighted by Crippen LogP contribution is -2.30. The summed E-state index contributed by atoms with van der Waals surface area (Å²) in [6.45, 7) is 2.28. The summed E-state index contributed by atoms with van der Waals surface area (Å²) in [4.78, 5) is 2.47. The SMILES string of the molecule is CN1CCCCC1c1[nH]nc2c1CCCCN2. The van der Waals surface area contributed by atoms with Gasteiger partial charge in [-0.1, -0.05) is 6.42 Å². The number of nitrogens with zero attached hydrogens (tertiary/aromatic N) is 2. The van der Waals surface area contributed by atoms with E-state index in [2.05, 4.69) is 27.5 Å². The fourth-order valence-corrected chi connectivity index (χ4v) is 3.13. The van der Waals surface area contributed by atoms with Crippen LogP contribution in [-0.4, -0.2) is 35.2 Å². The van der Waals surface area contributed by atoms with Crippen LogP contribution in [0.25, 0.3) is 0 Å². The van der Waals surface area contributed by atoms with Crippen LogP contribution in [0.3, 0.4) is 0 Å². The third kappa shape index (κ3) is 2.06. The highest BCUT2D eigenvalue weighted by Gasteiger charge is 2.26. The summed E-state index contributed by atoms with van der Waals surface area (Å²) in [7, 11) is 2.24. The van der Waals surface area contributed by atoms with Crippen molar-refractivity contribution in [3.8, 4) is 0 Å². The van der Waals surface area contributed by atoms with E-state index in [1.807, 2.05) is 0 Å². The fraction of sp³-hybridized carbons (Fsp3) is 0.769. The van der Waals surface area contributed by atoms with Crippen LogP contribution in [-0.2, 0) is 6.42 Å². The molecule has 1 saturated heterocycles. The molecule has 3 heterocycles. The van der Waals surface area contributed by atoms with Crippen molar-refractivity contribution in [2.24, 2.45) is 0 Å². The molecule has 2 aliphatic rings. The maximum absolute atomic E-state index is 4.46. The predicted octanol–water partition coefficient (Wildman–Crippen LogP) is 2.31. The highest BCUT2D eigenvalue weighted by molar-refractivity contribution is 5.48. The van der Waals surface area contributed by atoms with E-state index in [9.17, 15) is 0 Å². The molecule has 1 atom stereocenters. The number of hydrogen-bond donors (Lipinski definition) is 2. The van der Waals surface area contributed by atoms with Crippen LogP contribution >= 0.6 is 0 Å². The van der Waals surface area contributed by atoms with Crippen LogP contribution in [0, 0.1) is 0 Å². The maximum atomic E-state index is 4.46. The Kier molecular flexibility index (Phi) is 3.05. The molecular formula is C13H22N4. The Morgan fingerprint density at radius 1 is 1.24 bits per heavy atom. The summed E-state index contributed by atoms with van der Waals surface area (Å²) < 4.78 is 0. The zero-order chi connectivity index (χ0) is 11.7. The Morgan fingerprint density at radius 2 is 2.18 bits per heavy atom. The predicted molar refractivity (Wildman–Crippen MR) is 69.2 cm³/mol. The molecule has 0 saturated carbocycles. The van der Waals surface area contributed by atoms with E-state index >= 15 is 0 Å². The second kappa shape index (κ2) is 4.69. The number of likely N-dealkylation sites (tertiary alicyclic amines) is 1. The lowest BCUT2D eigenvalue weighted by atomic mass is 9.96. The van der Waals surface area contributed by atoms with E-state index in [-0.39, 0.29) is 0 Å². The minimum atomic E-state index is 0.555. The number of anilines is 1. The molecule has 2 aliphatic heterocycles. The third-order valence-electron chi connectivity index (χ3n) is 4.15. The molecule has 4 nitrogen and oxygen atoms in total. The smallest absolute Gasteiger partial charge is 0.151 e. The third-order valence-corrected chi connectivity index (χ3v) is 4.15. The Balaban J connectivity index is 1.89. The minimum absolute atomic E-state index is 0.555. The Morgan fingerprint density at radius 3 is 3.06 bits per heavy atom. The van der Waals surface area contributed by atoms with Crippen molar-refractivity contribution < 1.29 is 0 Å². The summed E-state index contributed by atoms with van der Waals surface area (Å²) in [5.74, 6) is 1.11. The number of aromatic amines is 1. The average Bonchev–Trinajstić information content (AvgIpc) is 2.59. The van der Waals surface area contributed by atoms with Crippen molar-refractivity contribution >= 4 is 5.82 Å². The van der Waals surface area contributed by atoms with Gasteiger partial charge in [0.2, 0.25) is 0 Å². The van der Waals surface area contributed by atoms with Gasteiger partial charge in [0, 0.05) is 12.1 Å². The number of piperidine rings is 1. The summed E-state index contributed by atoms with van der Waals surface area (Å²) >= 11 is 0. The Hall–Kier alpha value is -1.03. The fourth-order valence-electron chi connectivity index (χ4n) is 3.13. The number of H-pyrrole nitrogens is 1. The summed E-state index contributed by atoms with van der Waals surface area (Å²) in [5, 5.41) is 11.2. The molecule has 2 N–H and O–H groups in total. The van der Waals surface area contributed by atoms with Gasteiger partial charge >= 0.3 is 0 Å². The molecule has 0 radical (unpaired) electrons. The molecule has 94 valence electrons. The summed E-state index contributed by atoms with van der Waals surface area (Å²) in [6, 6.07) is 0.555. The first kappa shape index (κ1) is 11.1. The van der Waals surface area contributed by atoms with Gasteiger partial charge in [-0.15, -0.1) is 0 Å². The quantitative estimate of drug-likeness (QED) is 0.783. The monoisotopic (exact) mass is 234 g/mol. The molecule has 0 aliphatic carbocycles. The molecule has 3 rings (SSSR count). The average molecular weight is 234 g/mol. The van der Waals surface area contributed by atoms with Gasteiger partial charge in [0.15, 0.2) is 5.82 Å². The number of fused-ring (bicyclic) bond motifs is 1. The Labute approximate surface area is 103 Å². The van der Waals surface area contributed by atoms with Crippen molar-refractivity contribution in [1.82, 2.24) is 15.1 Å². The first-order chi connectivity index (χ1) is 8.36. The van der Waals surface area contributed by atoms with Gasteiger partial charge in [-0.2, -0.15) is 5.10 Å². The maximum Gasteiger partial charge on any atom is 0.151 e. The lowest BCUT2D eigenvalue weighted by Gasteiger charge is -2.32. The topological polar surface area (TPSA) is 44.0 Å². The first-order valence-corrected chi connectivity index (χ1v) is 6.87. The van der Waals surface area contributed by atoms with Crippen LogP contribution in [0.1, 0.15) is 49.4 Å². The molecule has 0 aromatic carbocycles. The van der Waals surface area contributed by atoms with E-state index in [0.717, 1.165) is 12.4 Å². The summed E-state index contributed by atoms with van der Waals surface area (Å²) in [6.07, 6.45) is 7.67. The van der Waals surface area contributed by atoms with Gasteiger partial charge in [-0.05, 0) is 45.7 Å². The van der Waals surface area contributed by atoms with Crippen LogP contribution < -0.4 is 5.32 Å². The molecule has 0 spiro atoms. The molecule has 0 amide bonds. The molecule has 4 heteroatoms. The van der Waals surface area contributed by atoms with Gasteiger partial charge in [-0.25, -0.2) is 0 Å². The number of aromatic nitrogens is 2. The molecular weight excluding hydrogens is 212 g/mol. The molecule has 1 unspecified atom stereocenters. The van der Waals surface area contributed by atoms with Crippen LogP contribution in [0.2, 0.25) is 0 Å². The zero-order valence-corrected chi connectivity index (χ0v) is 10.6. The van der Waals surface area contributed by atoms with E-state index in [1.165, 1.54) is 56.3 Å². The minimum Gasteiger partial charge on any atom is -0.368 e. The normalized spacial score (nSPS) is 26.1. The molecule has 1 aromatic heterocycles. The van der Waals surface area contributed by atoms with Crippen molar-refractivity contribution in [3.05, 3.63) is 11.3 Å². The van der Waals surface area contributed by atoms with Crippen molar-refractivity contribution in [1.29, 1.82) is 0 Å². The molecule has 1 fully saturated rings. The first-order valence-electron chi connectivity index (χ1n) is 6.87. The number of hydrogen-bond acceptors (Lipinski definition) is 3. The number of nitrogens with one attached hydrogen (secondary N) is 2. The Bertz CT molecular complexity index is 385. The highest BCUT2D eigenvalue weighted by Crippen LogP contribution is 2.34. The van der Waals surface area contributed by atoms with E-state index in [1.54, 1.807) is 0 Å². The van der Waals surface area contributed by atoms with Gasteiger partial charge < -0.3 is 5.32 Å². The van der Waals surface area contributed by atoms with Gasteiger partial charge in [0.25, 0.3) is 0 Å². The molecule has 1 aromatic rings.